The lowest BCUT2D eigenvalue weighted by Gasteiger charge is -2.26. The number of likely N-dealkylation sites (N-methyl/N-ethyl adjacent to an activating group) is 1. The number of fused-ring (bicyclic) bond motifs is 1. The Morgan fingerprint density at radius 1 is 1.60 bits per heavy atom. The van der Waals surface area contributed by atoms with Gasteiger partial charge in [0.1, 0.15) is 0 Å². The van der Waals surface area contributed by atoms with E-state index in [9.17, 15) is 0 Å². The lowest BCUT2D eigenvalue weighted by molar-refractivity contribution is -0.0470. The van der Waals surface area contributed by atoms with Crippen LogP contribution in [0.2, 0.25) is 0 Å². The second-order valence-corrected chi connectivity index (χ2v) is 4.06. The minimum atomic E-state index is 0.0434. The SMILES string of the molecule is CN1C[C@@]23COC2[C@@]3(N)C1. The van der Waals surface area contributed by atoms with Gasteiger partial charge in [0, 0.05) is 13.1 Å². The van der Waals surface area contributed by atoms with Crippen molar-refractivity contribution in [3.8, 4) is 0 Å². The highest BCUT2D eigenvalue weighted by atomic mass is 16.5. The molecule has 56 valence electrons. The highest BCUT2D eigenvalue weighted by Gasteiger charge is 2.84. The van der Waals surface area contributed by atoms with Gasteiger partial charge in [-0.1, -0.05) is 0 Å². The number of nitrogens with two attached hydrogens (primary N) is 1. The van der Waals surface area contributed by atoms with Crippen LogP contribution in [0.15, 0.2) is 0 Å². The number of ether oxygens (including phenoxy) is 1. The van der Waals surface area contributed by atoms with E-state index in [1.807, 2.05) is 0 Å². The van der Waals surface area contributed by atoms with Crippen LogP contribution in [-0.2, 0) is 4.74 Å². The van der Waals surface area contributed by atoms with Gasteiger partial charge in [0.2, 0.25) is 0 Å². The van der Waals surface area contributed by atoms with Crippen molar-refractivity contribution in [3.05, 3.63) is 0 Å². The standard InChI is InChI=1S/C7H12N2O/c1-9-2-6-4-10-5(6)7(6,8)3-9/h5H,2-4,8H2,1H3/t5?,6-,7+/m1/s1. The maximum Gasteiger partial charge on any atom is 0.0884 e. The summed E-state index contributed by atoms with van der Waals surface area (Å²) in [4.78, 5) is 2.30. The molecule has 2 aliphatic heterocycles. The van der Waals surface area contributed by atoms with Crippen molar-refractivity contribution in [2.75, 3.05) is 26.7 Å². The van der Waals surface area contributed by atoms with Crippen LogP contribution in [0.25, 0.3) is 0 Å². The summed E-state index contributed by atoms with van der Waals surface area (Å²) in [6.07, 6.45) is 0.413. The number of hydrogen-bond donors (Lipinski definition) is 1. The minimum absolute atomic E-state index is 0.0434. The third-order valence-electron chi connectivity index (χ3n) is 3.40. The Kier molecular flexibility index (Phi) is 0.636. The van der Waals surface area contributed by atoms with Gasteiger partial charge in [-0.25, -0.2) is 0 Å². The first kappa shape index (κ1) is 5.52. The van der Waals surface area contributed by atoms with Gasteiger partial charge >= 0.3 is 0 Å². The molecule has 10 heavy (non-hydrogen) atoms. The van der Waals surface area contributed by atoms with Crippen LogP contribution in [0.4, 0.5) is 0 Å². The predicted molar refractivity (Wildman–Crippen MR) is 36.6 cm³/mol. The summed E-state index contributed by atoms with van der Waals surface area (Å²) in [5.74, 6) is 0. The molecule has 0 amide bonds. The van der Waals surface area contributed by atoms with Gasteiger partial charge in [-0.3, -0.25) is 0 Å². The molecule has 3 fully saturated rings. The van der Waals surface area contributed by atoms with Gasteiger partial charge in [0.15, 0.2) is 0 Å². The molecule has 3 nitrogen and oxygen atoms in total. The summed E-state index contributed by atoms with van der Waals surface area (Å²) in [6, 6.07) is 0. The Bertz CT molecular complexity index is 196. The molecule has 1 unspecified atom stereocenters. The molecule has 2 N–H and O–H groups in total. The van der Waals surface area contributed by atoms with Crippen LogP contribution in [0.1, 0.15) is 0 Å². The number of nitrogens with zero attached hydrogens (tertiary/aromatic N) is 1. The second-order valence-electron chi connectivity index (χ2n) is 4.06. The molecule has 2 saturated heterocycles. The van der Waals surface area contributed by atoms with Crippen molar-refractivity contribution in [1.82, 2.24) is 4.90 Å². The van der Waals surface area contributed by atoms with Gasteiger partial charge in [-0.05, 0) is 7.05 Å². The quantitative estimate of drug-likeness (QED) is 0.470. The summed E-state index contributed by atoms with van der Waals surface area (Å²) in [5, 5.41) is 0. The average Bonchev–Trinajstić information content (AvgIpc) is 2.13. The van der Waals surface area contributed by atoms with Crippen molar-refractivity contribution < 1.29 is 4.74 Å². The van der Waals surface area contributed by atoms with E-state index in [0.717, 1.165) is 19.7 Å². The zero-order valence-corrected chi connectivity index (χ0v) is 6.13. The Labute approximate surface area is 60.1 Å². The summed E-state index contributed by atoms with van der Waals surface area (Å²) in [5.41, 5.74) is 6.55. The maximum atomic E-state index is 6.12. The third-order valence-corrected chi connectivity index (χ3v) is 3.40. The zero-order chi connectivity index (χ0) is 6.98. The molecule has 0 aromatic carbocycles. The Morgan fingerprint density at radius 3 is 2.80 bits per heavy atom. The van der Waals surface area contributed by atoms with E-state index in [1.165, 1.54) is 0 Å². The number of likely N-dealkylation sites (tertiary alicyclic amines) is 1. The molecule has 3 heteroatoms. The fourth-order valence-electron chi connectivity index (χ4n) is 2.80. The van der Waals surface area contributed by atoms with E-state index in [-0.39, 0.29) is 5.54 Å². The van der Waals surface area contributed by atoms with Crippen LogP contribution in [-0.4, -0.2) is 43.3 Å². The fourth-order valence-corrected chi connectivity index (χ4v) is 2.80. The molecule has 0 bridgehead atoms. The number of hydrogen-bond acceptors (Lipinski definition) is 3. The van der Waals surface area contributed by atoms with E-state index in [4.69, 9.17) is 10.5 Å². The van der Waals surface area contributed by atoms with Crippen molar-refractivity contribution in [1.29, 1.82) is 0 Å². The fraction of sp³-hybridized carbons (Fsp3) is 1.00. The first-order valence-electron chi connectivity index (χ1n) is 3.78. The molecule has 3 atom stereocenters. The largest absolute Gasteiger partial charge is 0.375 e. The lowest BCUT2D eigenvalue weighted by atomic mass is 10.0. The number of rotatable bonds is 0. The van der Waals surface area contributed by atoms with Crippen LogP contribution in [0.5, 0.6) is 0 Å². The summed E-state index contributed by atoms with van der Waals surface area (Å²) in [6.45, 7) is 3.07. The van der Waals surface area contributed by atoms with Crippen molar-refractivity contribution >= 4 is 0 Å². The van der Waals surface area contributed by atoms with Crippen LogP contribution < -0.4 is 5.73 Å². The molecule has 0 aromatic heterocycles. The summed E-state index contributed by atoms with van der Waals surface area (Å²) in [7, 11) is 2.13. The van der Waals surface area contributed by atoms with Crippen LogP contribution in [0.3, 0.4) is 0 Å². The smallest absolute Gasteiger partial charge is 0.0884 e. The van der Waals surface area contributed by atoms with Gasteiger partial charge in [-0.2, -0.15) is 0 Å². The van der Waals surface area contributed by atoms with Crippen molar-refractivity contribution in [2.45, 2.75) is 11.6 Å². The van der Waals surface area contributed by atoms with Gasteiger partial charge in [-0.15, -0.1) is 0 Å². The predicted octanol–water partition coefficient (Wildman–Crippen LogP) is -0.972. The summed E-state index contributed by atoms with van der Waals surface area (Å²) < 4.78 is 5.36. The average molecular weight is 140 g/mol. The van der Waals surface area contributed by atoms with E-state index >= 15 is 0 Å². The van der Waals surface area contributed by atoms with E-state index < -0.39 is 0 Å². The number of piperidine rings is 1. The van der Waals surface area contributed by atoms with Crippen LogP contribution >= 0.6 is 0 Å². The molecule has 1 aliphatic carbocycles. The molecule has 3 rings (SSSR count). The monoisotopic (exact) mass is 140 g/mol. The topological polar surface area (TPSA) is 38.5 Å². The van der Waals surface area contributed by atoms with Gasteiger partial charge < -0.3 is 15.4 Å². The van der Waals surface area contributed by atoms with E-state index in [1.54, 1.807) is 0 Å². The van der Waals surface area contributed by atoms with E-state index in [2.05, 4.69) is 11.9 Å². The molecule has 0 aromatic rings. The first-order valence-corrected chi connectivity index (χ1v) is 3.78. The second kappa shape index (κ2) is 1.15. The highest BCUT2D eigenvalue weighted by Crippen LogP contribution is 2.67. The molecule has 3 aliphatic rings. The summed E-state index contributed by atoms with van der Waals surface area (Å²) >= 11 is 0. The van der Waals surface area contributed by atoms with Gasteiger partial charge in [0.25, 0.3) is 0 Å². The Balaban J connectivity index is 1.98. The molecule has 1 saturated carbocycles. The molecular formula is C7H12N2O. The van der Waals surface area contributed by atoms with Gasteiger partial charge in [0.05, 0.1) is 23.7 Å². The van der Waals surface area contributed by atoms with E-state index in [0.29, 0.717) is 11.5 Å². The molecule has 0 radical (unpaired) electrons. The first-order chi connectivity index (χ1) is 4.69. The Hall–Kier alpha value is -0.120. The van der Waals surface area contributed by atoms with Crippen molar-refractivity contribution in [3.63, 3.8) is 0 Å². The zero-order valence-electron chi connectivity index (χ0n) is 6.13. The lowest BCUT2D eigenvalue weighted by Crippen LogP contribution is -2.38. The highest BCUT2D eigenvalue weighted by molar-refractivity contribution is 5.38. The maximum absolute atomic E-state index is 6.12. The van der Waals surface area contributed by atoms with Crippen LogP contribution in [0, 0.1) is 5.41 Å². The molecule has 1 spiro atoms. The third kappa shape index (κ3) is 0.307. The normalized spacial score (nSPS) is 64.8. The van der Waals surface area contributed by atoms with Crippen molar-refractivity contribution in [2.24, 2.45) is 11.1 Å². The molecule has 2 heterocycles. The molecular weight excluding hydrogens is 128 g/mol. The Morgan fingerprint density at radius 2 is 2.40 bits per heavy atom. The minimum Gasteiger partial charge on any atom is -0.375 e.